The Kier molecular flexibility index (Phi) is 11.3. The van der Waals surface area contributed by atoms with Gasteiger partial charge in [-0.1, -0.05) is 70.9 Å². The van der Waals surface area contributed by atoms with Crippen molar-refractivity contribution in [1.82, 2.24) is 9.97 Å². The van der Waals surface area contributed by atoms with Crippen molar-refractivity contribution in [2.45, 2.75) is 78.1 Å². The summed E-state index contributed by atoms with van der Waals surface area (Å²) in [4.78, 5) is 21.1. The molecule has 3 rings (SSSR count). The van der Waals surface area contributed by atoms with Crippen LogP contribution in [0.1, 0.15) is 87.7 Å². The van der Waals surface area contributed by atoms with Crippen LogP contribution in [0.5, 0.6) is 11.5 Å². The number of ether oxygens (including phenoxy) is 2. The number of aryl methyl sites for hydroxylation is 1. The predicted octanol–water partition coefficient (Wildman–Crippen LogP) is 7.83. The van der Waals surface area contributed by atoms with Gasteiger partial charge in [-0.3, -0.25) is 4.98 Å². The minimum atomic E-state index is -0.513. The molecule has 0 amide bonds. The second-order valence-electron chi connectivity index (χ2n) is 8.92. The van der Waals surface area contributed by atoms with Gasteiger partial charge in [0.05, 0.1) is 24.7 Å². The average molecular weight is 475 g/mol. The van der Waals surface area contributed by atoms with Crippen LogP contribution in [0.4, 0.5) is 0 Å². The molecule has 0 aliphatic carbocycles. The van der Waals surface area contributed by atoms with E-state index in [0.717, 1.165) is 30.8 Å². The number of unbranched alkanes of at least 4 members (excludes halogenated alkanes) is 7. The molecule has 0 aliphatic rings. The Labute approximate surface area is 209 Å². The van der Waals surface area contributed by atoms with Crippen LogP contribution >= 0.6 is 0 Å². The molecular weight excluding hydrogens is 436 g/mol. The molecule has 0 unspecified atom stereocenters. The van der Waals surface area contributed by atoms with Gasteiger partial charge < -0.3 is 9.47 Å². The Morgan fingerprint density at radius 3 is 2.06 bits per heavy atom. The van der Waals surface area contributed by atoms with Crippen molar-refractivity contribution in [2.75, 3.05) is 6.61 Å². The van der Waals surface area contributed by atoms with Crippen molar-refractivity contribution in [3.8, 4) is 22.8 Å². The zero-order valence-corrected chi connectivity index (χ0v) is 21.2. The van der Waals surface area contributed by atoms with Crippen molar-refractivity contribution in [3.05, 3.63) is 72.2 Å². The SMILES string of the molecule is CCCCCCCCOc1ccc(-c2cnc(C(=O)Oc3ccc(CCCCC)cc3)cn2)cc1. The molecule has 1 aromatic heterocycles. The average Bonchev–Trinajstić information content (AvgIpc) is 2.90. The first-order chi connectivity index (χ1) is 17.2. The largest absolute Gasteiger partial charge is 0.494 e. The van der Waals surface area contributed by atoms with Crippen LogP contribution in [0.15, 0.2) is 60.9 Å². The standard InChI is InChI=1S/C30H38N2O3/c1-3-5-7-8-9-11-21-34-26-19-15-25(16-20-26)28-22-32-29(23-31-28)30(33)35-27-17-13-24(14-18-27)12-10-6-4-2/h13-20,22-23H,3-12,21H2,1-2H3. The number of hydrogen-bond acceptors (Lipinski definition) is 5. The number of carbonyl (C=O) groups excluding carboxylic acids is 1. The Bertz CT molecular complexity index is 999. The molecule has 0 bridgehead atoms. The normalized spacial score (nSPS) is 10.8. The van der Waals surface area contributed by atoms with Crippen LogP contribution in [0, 0.1) is 0 Å². The van der Waals surface area contributed by atoms with Gasteiger partial charge in [-0.25, -0.2) is 9.78 Å². The third kappa shape index (κ3) is 9.16. The third-order valence-electron chi connectivity index (χ3n) is 5.98. The van der Waals surface area contributed by atoms with Crippen LogP contribution < -0.4 is 9.47 Å². The molecule has 35 heavy (non-hydrogen) atoms. The fraction of sp³-hybridized carbons (Fsp3) is 0.433. The molecule has 5 nitrogen and oxygen atoms in total. The number of carbonyl (C=O) groups is 1. The smallest absolute Gasteiger partial charge is 0.363 e. The molecule has 0 saturated carbocycles. The lowest BCUT2D eigenvalue weighted by Gasteiger charge is -2.08. The second-order valence-corrected chi connectivity index (χ2v) is 8.92. The molecule has 3 aromatic rings. The van der Waals surface area contributed by atoms with Crippen molar-refractivity contribution in [2.24, 2.45) is 0 Å². The number of benzene rings is 2. The van der Waals surface area contributed by atoms with E-state index in [1.807, 2.05) is 48.5 Å². The minimum absolute atomic E-state index is 0.180. The molecule has 0 fully saturated rings. The summed E-state index contributed by atoms with van der Waals surface area (Å²) in [6.45, 7) is 5.17. The summed E-state index contributed by atoms with van der Waals surface area (Å²) in [5.74, 6) is 0.852. The Balaban J connectivity index is 1.46. The fourth-order valence-corrected chi connectivity index (χ4v) is 3.84. The van der Waals surface area contributed by atoms with Gasteiger partial charge in [0.2, 0.25) is 0 Å². The molecule has 0 atom stereocenters. The maximum Gasteiger partial charge on any atom is 0.363 e. The monoisotopic (exact) mass is 474 g/mol. The van der Waals surface area contributed by atoms with Crippen LogP contribution in [-0.4, -0.2) is 22.5 Å². The highest BCUT2D eigenvalue weighted by atomic mass is 16.5. The highest BCUT2D eigenvalue weighted by Crippen LogP contribution is 2.21. The van der Waals surface area contributed by atoms with Gasteiger partial charge in [-0.15, -0.1) is 0 Å². The van der Waals surface area contributed by atoms with E-state index in [9.17, 15) is 4.79 Å². The lowest BCUT2D eigenvalue weighted by molar-refractivity contribution is 0.0728. The van der Waals surface area contributed by atoms with Gasteiger partial charge in [0.25, 0.3) is 0 Å². The number of hydrogen-bond donors (Lipinski definition) is 0. The molecular formula is C30H38N2O3. The summed E-state index contributed by atoms with van der Waals surface area (Å²) in [6, 6.07) is 15.5. The van der Waals surface area contributed by atoms with E-state index < -0.39 is 5.97 Å². The molecule has 0 aliphatic heterocycles. The summed E-state index contributed by atoms with van der Waals surface area (Å²) in [6.07, 6.45) is 15.2. The maximum atomic E-state index is 12.5. The summed E-state index contributed by atoms with van der Waals surface area (Å²) in [5, 5.41) is 0. The molecule has 0 radical (unpaired) electrons. The number of rotatable bonds is 15. The summed E-state index contributed by atoms with van der Waals surface area (Å²) < 4.78 is 11.3. The maximum absolute atomic E-state index is 12.5. The molecule has 5 heteroatoms. The first-order valence-corrected chi connectivity index (χ1v) is 13.1. The van der Waals surface area contributed by atoms with Gasteiger partial charge in [0.1, 0.15) is 11.5 Å². The summed E-state index contributed by atoms with van der Waals surface area (Å²) in [7, 11) is 0. The summed E-state index contributed by atoms with van der Waals surface area (Å²) in [5.41, 5.74) is 3.05. The van der Waals surface area contributed by atoms with Crippen LogP contribution in [0.2, 0.25) is 0 Å². The van der Waals surface area contributed by atoms with Gasteiger partial charge in [0.15, 0.2) is 5.69 Å². The number of esters is 1. The van der Waals surface area contributed by atoms with E-state index in [0.29, 0.717) is 11.4 Å². The number of nitrogens with zero attached hydrogens (tertiary/aromatic N) is 2. The number of aromatic nitrogens is 2. The topological polar surface area (TPSA) is 61.3 Å². The van der Waals surface area contributed by atoms with Crippen LogP contribution in [0.25, 0.3) is 11.3 Å². The van der Waals surface area contributed by atoms with Crippen molar-refractivity contribution in [1.29, 1.82) is 0 Å². The zero-order valence-electron chi connectivity index (χ0n) is 21.2. The first-order valence-electron chi connectivity index (χ1n) is 13.1. The lowest BCUT2D eigenvalue weighted by atomic mass is 10.1. The third-order valence-corrected chi connectivity index (χ3v) is 5.98. The van der Waals surface area contributed by atoms with Crippen LogP contribution in [-0.2, 0) is 6.42 Å². The van der Waals surface area contributed by atoms with E-state index in [1.54, 1.807) is 6.20 Å². The van der Waals surface area contributed by atoms with Gasteiger partial charge in [-0.05, 0) is 61.2 Å². The fourth-order valence-electron chi connectivity index (χ4n) is 3.84. The van der Waals surface area contributed by atoms with E-state index in [2.05, 4.69) is 23.8 Å². The van der Waals surface area contributed by atoms with Gasteiger partial charge in [-0.2, -0.15) is 0 Å². The molecule has 186 valence electrons. The van der Waals surface area contributed by atoms with Crippen molar-refractivity contribution >= 4 is 5.97 Å². The van der Waals surface area contributed by atoms with E-state index in [4.69, 9.17) is 9.47 Å². The molecule has 0 saturated heterocycles. The van der Waals surface area contributed by atoms with E-state index in [1.165, 1.54) is 63.1 Å². The molecule has 0 N–H and O–H groups in total. The second kappa shape index (κ2) is 14.9. The molecule has 1 heterocycles. The van der Waals surface area contributed by atoms with Crippen molar-refractivity contribution in [3.63, 3.8) is 0 Å². The summed E-state index contributed by atoms with van der Waals surface area (Å²) >= 11 is 0. The highest BCUT2D eigenvalue weighted by molar-refractivity contribution is 5.88. The Morgan fingerprint density at radius 1 is 0.714 bits per heavy atom. The predicted molar refractivity (Wildman–Crippen MR) is 141 cm³/mol. The van der Waals surface area contributed by atoms with Gasteiger partial charge >= 0.3 is 5.97 Å². The van der Waals surface area contributed by atoms with E-state index >= 15 is 0 Å². The van der Waals surface area contributed by atoms with E-state index in [-0.39, 0.29) is 5.69 Å². The van der Waals surface area contributed by atoms with Crippen molar-refractivity contribution < 1.29 is 14.3 Å². The lowest BCUT2D eigenvalue weighted by Crippen LogP contribution is -2.11. The Hall–Kier alpha value is -3.21. The minimum Gasteiger partial charge on any atom is -0.494 e. The Morgan fingerprint density at radius 2 is 1.37 bits per heavy atom. The molecule has 0 spiro atoms. The zero-order chi connectivity index (χ0) is 24.7. The molecule has 2 aromatic carbocycles. The highest BCUT2D eigenvalue weighted by Gasteiger charge is 2.12. The first kappa shape index (κ1) is 26.4. The van der Waals surface area contributed by atoms with Crippen LogP contribution in [0.3, 0.4) is 0 Å². The quantitative estimate of drug-likeness (QED) is 0.128. The van der Waals surface area contributed by atoms with Gasteiger partial charge in [0, 0.05) is 5.56 Å².